The van der Waals surface area contributed by atoms with E-state index in [1.54, 1.807) is 0 Å². The van der Waals surface area contributed by atoms with Gasteiger partial charge < -0.3 is 10.6 Å². The Kier molecular flexibility index (Phi) is 5.47. The maximum Gasteiger partial charge on any atom is 0.226 e. The monoisotopic (exact) mass is 304 g/mol. The molecule has 0 aliphatic rings. The molecule has 1 amide bonds. The molecule has 0 radical (unpaired) electrons. The molecule has 0 atom stereocenters. The van der Waals surface area contributed by atoms with Crippen LogP contribution in [0.25, 0.3) is 0 Å². The lowest BCUT2D eigenvalue weighted by atomic mass is 10.1. The SMILES string of the molecule is CCc1ccccc1NC(=O)CCNc1ccc(F)c(F)c1. The molecule has 0 bridgehead atoms. The summed E-state index contributed by atoms with van der Waals surface area (Å²) in [6.07, 6.45) is 1.07. The third-order valence-electron chi connectivity index (χ3n) is 3.27. The predicted molar refractivity (Wildman–Crippen MR) is 83.9 cm³/mol. The number of carbonyl (C=O) groups is 1. The Hall–Kier alpha value is -2.43. The molecular formula is C17H18F2N2O. The summed E-state index contributed by atoms with van der Waals surface area (Å²) in [5.41, 5.74) is 2.33. The van der Waals surface area contributed by atoms with Crippen LogP contribution in [-0.2, 0) is 11.2 Å². The van der Waals surface area contributed by atoms with Crippen LogP contribution in [0.3, 0.4) is 0 Å². The first-order chi connectivity index (χ1) is 10.6. The van der Waals surface area contributed by atoms with Gasteiger partial charge in [0.05, 0.1) is 0 Å². The van der Waals surface area contributed by atoms with Gasteiger partial charge in [-0.1, -0.05) is 25.1 Å². The van der Waals surface area contributed by atoms with Crippen molar-refractivity contribution in [1.29, 1.82) is 0 Å². The minimum Gasteiger partial charge on any atom is -0.384 e. The number of carbonyl (C=O) groups excluding carboxylic acids is 1. The standard InChI is InChI=1S/C17H18F2N2O/c1-2-12-5-3-4-6-16(12)21-17(22)9-10-20-13-7-8-14(18)15(19)11-13/h3-8,11,20H,2,9-10H2,1H3,(H,21,22). The minimum atomic E-state index is -0.911. The first-order valence-electron chi connectivity index (χ1n) is 7.17. The predicted octanol–water partition coefficient (Wildman–Crippen LogP) is 3.97. The molecule has 5 heteroatoms. The average molecular weight is 304 g/mol. The molecule has 2 aromatic rings. The molecule has 2 rings (SSSR count). The number of para-hydroxylation sites is 1. The summed E-state index contributed by atoms with van der Waals surface area (Å²) >= 11 is 0. The highest BCUT2D eigenvalue weighted by atomic mass is 19.2. The lowest BCUT2D eigenvalue weighted by Gasteiger charge is -2.10. The first-order valence-corrected chi connectivity index (χ1v) is 7.17. The molecule has 0 aromatic heterocycles. The molecule has 0 heterocycles. The largest absolute Gasteiger partial charge is 0.384 e. The fourth-order valence-corrected chi connectivity index (χ4v) is 2.09. The van der Waals surface area contributed by atoms with Crippen molar-refractivity contribution in [3.8, 4) is 0 Å². The number of benzene rings is 2. The Morgan fingerprint density at radius 3 is 2.59 bits per heavy atom. The highest BCUT2D eigenvalue weighted by Crippen LogP contribution is 2.16. The zero-order chi connectivity index (χ0) is 15.9. The fourth-order valence-electron chi connectivity index (χ4n) is 2.09. The number of rotatable bonds is 6. The second kappa shape index (κ2) is 7.54. The highest BCUT2D eigenvalue weighted by Gasteiger charge is 2.06. The summed E-state index contributed by atoms with van der Waals surface area (Å²) in [5, 5.41) is 5.75. The second-order valence-corrected chi connectivity index (χ2v) is 4.86. The van der Waals surface area contributed by atoms with E-state index < -0.39 is 11.6 Å². The molecule has 0 aliphatic carbocycles. The number of aryl methyl sites for hydroxylation is 1. The van der Waals surface area contributed by atoms with E-state index in [1.807, 2.05) is 31.2 Å². The van der Waals surface area contributed by atoms with E-state index in [4.69, 9.17) is 0 Å². The summed E-state index contributed by atoms with van der Waals surface area (Å²) in [4.78, 5) is 11.9. The molecule has 2 N–H and O–H groups in total. The van der Waals surface area contributed by atoms with Gasteiger partial charge in [-0.25, -0.2) is 8.78 Å². The van der Waals surface area contributed by atoms with Crippen LogP contribution >= 0.6 is 0 Å². The molecule has 3 nitrogen and oxygen atoms in total. The molecule has 22 heavy (non-hydrogen) atoms. The third kappa shape index (κ3) is 4.28. The summed E-state index contributed by atoms with van der Waals surface area (Å²) in [6, 6.07) is 11.2. The Morgan fingerprint density at radius 2 is 1.86 bits per heavy atom. The van der Waals surface area contributed by atoms with E-state index in [-0.39, 0.29) is 12.3 Å². The van der Waals surface area contributed by atoms with Gasteiger partial charge in [-0.05, 0) is 36.2 Å². The Morgan fingerprint density at radius 1 is 1.09 bits per heavy atom. The topological polar surface area (TPSA) is 41.1 Å². The number of halogens is 2. The average Bonchev–Trinajstić information content (AvgIpc) is 2.51. The van der Waals surface area contributed by atoms with Gasteiger partial charge in [-0.15, -0.1) is 0 Å². The summed E-state index contributed by atoms with van der Waals surface area (Å²) < 4.78 is 25.8. The molecule has 116 valence electrons. The molecule has 2 aromatic carbocycles. The van der Waals surface area contributed by atoms with E-state index in [0.29, 0.717) is 12.2 Å². The van der Waals surface area contributed by atoms with E-state index in [9.17, 15) is 13.6 Å². The molecule has 0 saturated heterocycles. The van der Waals surface area contributed by atoms with Crippen LogP contribution in [0.4, 0.5) is 20.2 Å². The zero-order valence-electron chi connectivity index (χ0n) is 12.3. The molecule has 0 spiro atoms. The number of nitrogens with one attached hydrogen (secondary N) is 2. The van der Waals surface area contributed by atoms with Crippen molar-refractivity contribution in [3.05, 3.63) is 59.7 Å². The molecule has 0 aliphatic heterocycles. The fraction of sp³-hybridized carbons (Fsp3) is 0.235. The second-order valence-electron chi connectivity index (χ2n) is 4.86. The summed E-state index contributed by atoms with van der Waals surface area (Å²) in [6.45, 7) is 2.36. The lowest BCUT2D eigenvalue weighted by molar-refractivity contribution is -0.115. The lowest BCUT2D eigenvalue weighted by Crippen LogP contribution is -2.17. The van der Waals surface area contributed by atoms with Crippen LogP contribution in [0.15, 0.2) is 42.5 Å². The third-order valence-corrected chi connectivity index (χ3v) is 3.27. The summed E-state index contributed by atoms with van der Waals surface area (Å²) in [7, 11) is 0. The van der Waals surface area contributed by atoms with Crippen LogP contribution in [0, 0.1) is 11.6 Å². The molecular weight excluding hydrogens is 286 g/mol. The van der Waals surface area contributed by atoms with Crippen LogP contribution in [0.2, 0.25) is 0 Å². The van der Waals surface area contributed by atoms with Crippen molar-refractivity contribution < 1.29 is 13.6 Å². The Balaban J connectivity index is 1.84. The van der Waals surface area contributed by atoms with Gasteiger partial charge in [0.15, 0.2) is 11.6 Å². The highest BCUT2D eigenvalue weighted by molar-refractivity contribution is 5.91. The van der Waals surface area contributed by atoms with Gasteiger partial charge in [0.1, 0.15) is 0 Å². The van der Waals surface area contributed by atoms with Gasteiger partial charge in [-0.3, -0.25) is 4.79 Å². The number of anilines is 2. The van der Waals surface area contributed by atoms with E-state index >= 15 is 0 Å². The molecule has 0 unspecified atom stereocenters. The van der Waals surface area contributed by atoms with Crippen molar-refractivity contribution in [1.82, 2.24) is 0 Å². The number of amides is 1. The Labute approximate surface area is 128 Å². The van der Waals surface area contributed by atoms with Gasteiger partial charge in [0, 0.05) is 24.3 Å². The van der Waals surface area contributed by atoms with Crippen LogP contribution < -0.4 is 10.6 Å². The number of hydrogen-bond donors (Lipinski definition) is 2. The first kappa shape index (κ1) is 15.9. The molecule has 0 saturated carbocycles. The van der Waals surface area contributed by atoms with Gasteiger partial charge in [0.25, 0.3) is 0 Å². The van der Waals surface area contributed by atoms with Gasteiger partial charge >= 0.3 is 0 Å². The Bertz CT molecular complexity index is 659. The van der Waals surface area contributed by atoms with E-state index in [1.165, 1.54) is 6.07 Å². The van der Waals surface area contributed by atoms with Crippen LogP contribution in [0.5, 0.6) is 0 Å². The van der Waals surface area contributed by atoms with Gasteiger partial charge in [0.2, 0.25) is 5.91 Å². The quantitative estimate of drug-likeness (QED) is 0.848. The van der Waals surface area contributed by atoms with Crippen molar-refractivity contribution >= 4 is 17.3 Å². The van der Waals surface area contributed by atoms with Crippen LogP contribution in [0.1, 0.15) is 18.9 Å². The summed E-state index contributed by atoms with van der Waals surface area (Å²) in [5.74, 6) is -1.93. The molecule has 0 fully saturated rings. The van der Waals surface area contributed by atoms with Gasteiger partial charge in [-0.2, -0.15) is 0 Å². The number of hydrogen-bond acceptors (Lipinski definition) is 2. The van der Waals surface area contributed by atoms with E-state index in [0.717, 1.165) is 29.8 Å². The van der Waals surface area contributed by atoms with E-state index in [2.05, 4.69) is 10.6 Å². The normalized spacial score (nSPS) is 10.3. The minimum absolute atomic E-state index is 0.129. The maximum absolute atomic E-state index is 13.0. The van der Waals surface area contributed by atoms with Crippen molar-refractivity contribution in [2.45, 2.75) is 19.8 Å². The van der Waals surface area contributed by atoms with Crippen molar-refractivity contribution in [2.24, 2.45) is 0 Å². The maximum atomic E-state index is 13.0. The van der Waals surface area contributed by atoms with Crippen molar-refractivity contribution in [2.75, 3.05) is 17.2 Å². The van der Waals surface area contributed by atoms with Crippen molar-refractivity contribution in [3.63, 3.8) is 0 Å². The smallest absolute Gasteiger partial charge is 0.226 e. The zero-order valence-corrected chi connectivity index (χ0v) is 12.3. The van der Waals surface area contributed by atoms with Crippen LogP contribution in [-0.4, -0.2) is 12.5 Å².